The first-order valence-corrected chi connectivity index (χ1v) is 10.1. The molecule has 0 radical (unpaired) electrons. The molecule has 0 saturated carbocycles. The summed E-state index contributed by atoms with van der Waals surface area (Å²) in [4.78, 5) is 12.1. The average Bonchev–Trinajstić information content (AvgIpc) is 2.47. The molecule has 1 rings (SSSR count). The zero-order valence-corrected chi connectivity index (χ0v) is 15.1. The zero-order valence-electron chi connectivity index (χ0n) is 14.3. The molecule has 23 heavy (non-hydrogen) atoms. The zero-order chi connectivity index (χ0) is 17.3. The second kappa shape index (κ2) is 9.67. The fourth-order valence-corrected chi connectivity index (χ4v) is 2.76. The maximum Gasteiger partial charge on any atom is 0.251 e. The van der Waals surface area contributed by atoms with E-state index in [1.807, 2.05) is 19.1 Å². The highest BCUT2D eigenvalue weighted by atomic mass is 32.2. The van der Waals surface area contributed by atoms with Crippen molar-refractivity contribution in [3.63, 3.8) is 0 Å². The summed E-state index contributed by atoms with van der Waals surface area (Å²) in [5.74, 6) is -0.0604. The van der Waals surface area contributed by atoms with Gasteiger partial charge >= 0.3 is 0 Å². The second-order valence-corrected chi connectivity index (χ2v) is 7.82. The molecule has 6 heteroatoms. The Kier molecular flexibility index (Phi) is 8.26. The summed E-state index contributed by atoms with van der Waals surface area (Å²) in [6.45, 7) is 4.55. The quantitative estimate of drug-likeness (QED) is 0.643. The van der Waals surface area contributed by atoms with Crippen LogP contribution in [0.1, 0.15) is 55.5 Å². The Morgan fingerprint density at radius 1 is 1.17 bits per heavy atom. The van der Waals surface area contributed by atoms with Gasteiger partial charge in [0.2, 0.25) is 10.0 Å². The lowest BCUT2D eigenvalue weighted by atomic mass is 10.1. The molecule has 1 amide bonds. The summed E-state index contributed by atoms with van der Waals surface area (Å²) < 4.78 is 24.4. The maximum absolute atomic E-state index is 12.1. The third-order valence-corrected chi connectivity index (χ3v) is 4.34. The number of amides is 1. The van der Waals surface area contributed by atoms with E-state index >= 15 is 0 Å². The third kappa shape index (κ3) is 8.71. The molecule has 0 aliphatic carbocycles. The van der Waals surface area contributed by atoms with E-state index < -0.39 is 10.0 Å². The third-order valence-electron chi connectivity index (χ3n) is 3.61. The topological polar surface area (TPSA) is 75.3 Å². The summed E-state index contributed by atoms with van der Waals surface area (Å²) >= 11 is 0. The maximum atomic E-state index is 12.1. The molecule has 0 aliphatic heterocycles. The number of hydrogen-bond donors (Lipinski definition) is 2. The van der Waals surface area contributed by atoms with Gasteiger partial charge in [-0.05, 0) is 37.5 Å². The minimum atomic E-state index is -3.15. The highest BCUT2D eigenvalue weighted by Gasteiger charge is 2.09. The van der Waals surface area contributed by atoms with Crippen molar-refractivity contribution in [3.05, 3.63) is 35.4 Å². The largest absolute Gasteiger partial charge is 0.350 e. The summed E-state index contributed by atoms with van der Waals surface area (Å²) in [6.07, 6.45) is 6.23. The Balaban J connectivity index is 2.44. The number of carbonyl (C=O) groups is 1. The molecule has 0 spiro atoms. The molecule has 1 atom stereocenters. The van der Waals surface area contributed by atoms with E-state index in [4.69, 9.17) is 0 Å². The van der Waals surface area contributed by atoms with Crippen LogP contribution in [-0.4, -0.2) is 33.2 Å². The number of rotatable bonds is 10. The predicted octanol–water partition coefficient (Wildman–Crippen LogP) is 2.48. The molecule has 2 N–H and O–H groups in total. The molecular weight excluding hydrogens is 312 g/mol. The van der Waals surface area contributed by atoms with Gasteiger partial charge in [-0.2, -0.15) is 0 Å². The molecule has 5 nitrogen and oxygen atoms in total. The van der Waals surface area contributed by atoms with Crippen LogP contribution in [0.25, 0.3) is 0 Å². The van der Waals surface area contributed by atoms with Crippen molar-refractivity contribution in [2.45, 2.75) is 52.0 Å². The van der Waals surface area contributed by atoms with Crippen molar-refractivity contribution >= 4 is 15.9 Å². The van der Waals surface area contributed by atoms with E-state index in [2.05, 4.69) is 17.0 Å². The fourth-order valence-electron chi connectivity index (χ4n) is 2.28. The van der Waals surface area contributed by atoms with Crippen molar-refractivity contribution in [1.82, 2.24) is 10.0 Å². The van der Waals surface area contributed by atoms with Gasteiger partial charge in [-0.25, -0.2) is 13.1 Å². The van der Waals surface area contributed by atoms with Crippen LogP contribution in [0.3, 0.4) is 0 Å². The smallest absolute Gasteiger partial charge is 0.251 e. The van der Waals surface area contributed by atoms with Crippen molar-refractivity contribution in [1.29, 1.82) is 0 Å². The molecular formula is C17H28N2O3S. The van der Waals surface area contributed by atoms with Gasteiger partial charge in [0.25, 0.3) is 5.91 Å². The van der Waals surface area contributed by atoms with Gasteiger partial charge in [0.15, 0.2) is 0 Å². The fraction of sp³-hybridized carbons (Fsp3) is 0.588. The molecule has 0 saturated heterocycles. The van der Waals surface area contributed by atoms with Gasteiger partial charge in [-0.3, -0.25) is 4.79 Å². The summed E-state index contributed by atoms with van der Waals surface area (Å²) in [7, 11) is -3.15. The summed E-state index contributed by atoms with van der Waals surface area (Å²) in [5.41, 5.74) is 1.63. The number of unbranched alkanes of at least 4 members (excludes halogenated alkanes) is 2. The monoisotopic (exact) mass is 340 g/mol. The van der Waals surface area contributed by atoms with Gasteiger partial charge in [0.05, 0.1) is 6.26 Å². The normalized spacial score (nSPS) is 12.8. The lowest BCUT2D eigenvalue weighted by molar-refractivity contribution is 0.0938. The van der Waals surface area contributed by atoms with E-state index in [-0.39, 0.29) is 11.9 Å². The lowest BCUT2D eigenvalue weighted by Gasteiger charge is -2.14. The summed E-state index contributed by atoms with van der Waals surface area (Å²) in [5, 5.41) is 3.01. The van der Waals surface area contributed by atoms with Crippen molar-refractivity contribution < 1.29 is 13.2 Å². The van der Waals surface area contributed by atoms with E-state index in [9.17, 15) is 13.2 Å². The summed E-state index contributed by atoms with van der Waals surface area (Å²) in [6, 6.07) is 7.46. The Bertz CT molecular complexity index is 582. The first-order chi connectivity index (χ1) is 10.8. The highest BCUT2D eigenvalue weighted by molar-refractivity contribution is 7.88. The van der Waals surface area contributed by atoms with Crippen LogP contribution in [0, 0.1) is 0 Å². The lowest BCUT2D eigenvalue weighted by Crippen LogP contribution is -2.32. The number of benzene rings is 1. The van der Waals surface area contributed by atoms with Crippen LogP contribution in [0.5, 0.6) is 0 Å². The van der Waals surface area contributed by atoms with Gasteiger partial charge in [-0.1, -0.05) is 38.3 Å². The Morgan fingerprint density at radius 3 is 2.39 bits per heavy atom. The number of nitrogens with one attached hydrogen (secondary N) is 2. The van der Waals surface area contributed by atoms with Crippen LogP contribution in [0.2, 0.25) is 0 Å². The SMILES string of the molecule is CCCCCC(C)NC(=O)c1ccc(CCNS(C)(=O)=O)cc1. The predicted molar refractivity (Wildman–Crippen MR) is 94.1 cm³/mol. The minimum absolute atomic E-state index is 0.0604. The molecule has 1 aromatic rings. The Morgan fingerprint density at radius 2 is 1.83 bits per heavy atom. The van der Waals surface area contributed by atoms with Crippen molar-refractivity contribution in [2.24, 2.45) is 0 Å². The van der Waals surface area contributed by atoms with Crippen LogP contribution >= 0.6 is 0 Å². The molecule has 1 aromatic carbocycles. The minimum Gasteiger partial charge on any atom is -0.350 e. The molecule has 0 aliphatic rings. The molecule has 0 heterocycles. The molecule has 0 aromatic heterocycles. The van der Waals surface area contributed by atoms with Crippen molar-refractivity contribution in [2.75, 3.05) is 12.8 Å². The van der Waals surface area contributed by atoms with Gasteiger partial charge in [-0.15, -0.1) is 0 Å². The average molecular weight is 340 g/mol. The second-order valence-electron chi connectivity index (χ2n) is 5.98. The first kappa shape index (κ1) is 19.6. The first-order valence-electron chi connectivity index (χ1n) is 8.16. The molecule has 0 bridgehead atoms. The molecule has 130 valence electrons. The van der Waals surface area contributed by atoms with Crippen LogP contribution < -0.4 is 10.0 Å². The van der Waals surface area contributed by atoms with Crippen LogP contribution in [0.4, 0.5) is 0 Å². The van der Waals surface area contributed by atoms with E-state index in [0.717, 1.165) is 24.7 Å². The van der Waals surface area contributed by atoms with Gasteiger partial charge < -0.3 is 5.32 Å². The van der Waals surface area contributed by atoms with Gasteiger partial charge in [0, 0.05) is 18.2 Å². The number of hydrogen-bond acceptors (Lipinski definition) is 3. The number of carbonyl (C=O) groups excluding carboxylic acids is 1. The molecule has 0 fully saturated rings. The van der Waals surface area contributed by atoms with Gasteiger partial charge in [0.1, 0.15) is 0 Å². The van der Waals surface area contributed by atoms with E-state index in [1.54, 1.807) is 12.1 Å². The van der Waals surface area contributed by atoms with E-state index in [0.29, 0.717) is 18.5 Å². The Hall–Kier alpha value is -1.40. The molecule has 1 unspecified atom stereocenters. The highest BCUT2D eigenvalue weighted by Crippen LogP contribution is 2.07. The van der Waals surface area contributed by atoms with Crippen LogP contribution in [-0.2, 0) is 16.4 Å². The van der Waals surface area contributed by atoms with Crippen LogP contribution in [0.15, 0.2) is 24.3 Å². The van der Waals surface area contributed by atoms with Crippen molar-refractivity contribution in [3.8, 4) is 0 Å². The standard InChI is InChI=1S/C17H28N2O3S/c1-4-5-6-7-14(2)19-17(20)16-10-8-15(9-11-16)12-13-18-23(3,21)22/h8-11,14,18H,4-7,12-13H2,1-3H3,(H,19,20). The Labute approximate surface area is 139 Å². The number of sulfonamides is 1. The van der Waals surface area contributed by atoms with E-state index in [1.165, 1.54) is 12.8 Å².